The summed E-state index contributed by atoms with van der Waals surface area (Å²) in [5.41, 5.74) is 12.9. The minimum Gasteiger partial charge on any atom is -0.464 e. The Morgan fingerprint density at radius 3 is 1.97 bits per heavy atom. The van der Waals surface area contributed by atoms with Crippen molar-refractivity contribution >= 4 is 11.7 Å². The lowest BCUT2D eigenvalue weighted by Crippen LogP contribution is -2.53. The summed E-state index contributed by atoms with van der Waals surface area (Å²) in [6, 6.07) is 24.6. The Morgan fingerprint density at radius 1 is 0.969 bits per heavy atom. The molecule has 164 valence electrons. The van der Waals surface area contributed by atoms with E-state index in [0.717, 1.165) is 27.9 Å². The Labute approximate surface area is 188 Å². The van der Waals surface area contributed by atoms with Crippen LogP contribution >= 0.6 is 0 Å². The van der Waals surface area contributed by atoms with E-state index in [2.05, 4.69) is 15.3 Å². The standard InChI is InChI=1S/C26H28N4O2/c1-4-32-25(31)24(29-23-8-6-5-7-9-23)26(18-28-30-27,21-14-10-19(2)11-15-21)22-16-12-20(3)13-17-22/h5-17,24,29H,4,18H2,1-3H3. The van der Waals surface area contributed by atoms with Crippen molar-refractivity contribution in [3.8, 4) is 0 Å². The molecule has 0 amide bonds. The average molecular weight is 429 g/mol. The van der Waals surface area contributed by atoms with E-state index in [4.69, 9.17) is 4.74 Å². The summed E-state index contributed by atoms with van der Waals surface area (Å²) in [5.74, 6) is -0.411. The molecule has 3 aromatic carbocycles. The maximum atomic E-state index is 13.4. The Balaban J connectivity index is 2.30. The number of rotatable bonds is 9. The van der Waals surface area contributed by atoms with E-state index in [0.29, 0.717) is 0 Å². The van der Waals surface area contributed by atoms with Crippen molar-refractivity contribution in [1.29, 1.82) is 0 Å². The summed E-state index contributed by atoms with van der Waals surface area (Å²) in [7, 11) is 0. The van der Waals surface area contributed by atoms with Crippen LogP contribution in [0.2, 0.25) is 0 Å². The van der Waals surface area contributed by atoms with Crippen molar-refractivity contribution in [1.82, 2.24) is 0 Å². The molecule has 3 rings (SSSR count). The van der Waals surface area contributed by atoms with Crippen molar-refractivity contribution < 1.29 is 9.53 Å². The molecule has 0 aromatic heterocycles. The summed E-state index contributed by atoms with van der Waals surface area (Å²) in [6.07, 6.45) is 0. The van der Waals surface area contributed by atoms with Gasteiger partial charge in [0.2, 0.25) is 0 Å². The second-order valence-electron chi connectivity index (χ2n) is 7.79. The first-order valence-corrected chi connectivity index (χ1v) is 10.6. The summed E-state index contributed by atoms with van der Waals surface area (Å²) >= 11 is 0. The van der Waals surface area contributed by atoms with Crippen LogP contribution in [0.4, 0.5) is 5.69 Å². The third-order valence-electron chi connectivity index (χ3n) is 5.62. The van der Waals surface area contributed by atoms with E-state index < -0.39 is 17.4 Å². The van der Waals surface area contributed by atoms with Crippen LogP contribution in [0.5, 0.6) is 0 Å². The van der Waals surface area contributed by atoms with Gasteiger partial charge < -0.3 is 10.1 Å². The number of para-hydroxylation sites is 1. The lowest BCUT2D eigenvalue weighted by atomic mass is 9.68. The zero-order valence-electron chi connectivity index (χ0n) is 18.7. The highest BCUT2D eigenvalue weighted by atomic mass is 16.5. The molecule has 6 nitrogen and oxygen atoms in total. The van der Waals surface area contributed by atoms with E-state index in [1.807, 2.05) is 92.7 Å². The topological polar surface area (TPSA) is 87.1 Å². The molecule has 0 heterocycles. The fourth-order valence-electron chi connectivity index (χ4n) is 3.93. The van der Waals surface area contributed by atoms with Crippen molar-refractivity contribution in [2.45, 2.75) is 32.2 Å². The van der Waals surface area contributed by atoms with E-state index >= 15 is 0 Å². The van der Waals surface area contributed by atoms with Crippen LogP contribution in [0.25, 0.3) is 10.4 Å². The molecule has 0 spiro atoms. The van der Waals surface area contributed by atoms with Crippen molar-refractivity contribution in [2.75, 3.05) is 18.5 Å². The van der Waals surface area contributed by atoms with Crippen molar-refractivity contribution in [3.63, 3.8) is 0 Å². The summed E-state index contributed by atoms with van der Waals surface area (Å²) in [4.78, 5) is 16.5. The van der Waals surface area contributed by atoms with Gasteiger partial charge in [-0.25, -0.2) is 4.79 Å². The van der Waals surface area contributed by atoms with Gasteiger partial charge in [-0.1, -0.05) is 83.0 Å². The molecule has 1 unspecified atom stereocenters. The number of nitrogens with one attached hydrogen (secondary N) is 1. The Morgan fingerprint density at radius 2 is 1.50 bits per heavy atom. The summed E-state index contributed by atoms with van der Waals surface area (Å²) in [6.45, 7) is 6.08. The van der Waals surface area contributed by atoms with Gasteiger partial charge in [0, 0.05) is 17.1 Å². The molecule has 1 N–H and O–H groups in total. The maximum Gasteiger partial charge on any atom is 0.329 e. The van der Waals surface area contributed by atoms with Gasteiger partial charge in [-0.05, 0) is 49.6 Å². The predicted octanol–water partition coefficient (Wildman–Crippen LogP) is 5.94. The fourth-order valence-corrected chi connectivity index (χ4v) is 3.93. The van der Waals surface area contributed by atoms with E-state index in [1.165, 1.54) is 0 Å². The Kier molecular flexibility index (Phi) is 7.53. The molecule has 0 aliphatic heterocycles. The van der Waals surface area contributed by atoms with Crippen LogP contribution in [-0.2, 0) is 14.9 Å². The van der Waals surface area contributed by atoms with Gasteiger partial charge in [0.05, 0.1) is 12.0 Å². The lowest BCUT2D eigenvalue weighted by Gasteiger charge is -2.40. The number of benzene rings is 3. The van der Waals surface area contributed by atoms with Crippen LogP contribution < -0.4 is 5.32 Å². The van der Waals surface area contributed by atoms with Crippen LogP contribution in [0.3, 0.4) is 0 Å². The molecule has 0 saturated heterocycles. The quantitative estimate of drug-likeness (QED) is 0.198. The maximum absolute atomic E-state index is 13.4. The highest BCUT2D eigenvalue weighted by Gasteiger charge is 2.46. The highest BCUT2D eigenvalue weighted by molar-refractivity contribution is 5.83. The van der Waals surface area contributed by atoms with Gasteiger partial charge in [0.15, 0.2) is 0 Å². The molecule has 6 heteroatoms. The number of anilines is 1. The molecule has 0 saturated carbocycles. The second-order valence-corrected chi connectivity index (χ2v) is 7.79. The minimum atomic E-state index is -0.990. The van der Waals surface area contributed by atoms with E-state index in [9.17, 15) is 10.3 Å². The molecule has 1 atom stereocenters. The number of aryl methyl sites for hydroxylation is 2. The zero-order chi connectivity index (χ0) is 23.0. The van der Waals surface area contributed by atoms with Crippen molar-refractivity contribution in [3.05, 3.63) is 112 Å². The second kappa shape index (κ2) is 10.5. The number of ether oxygens (including phenoxy) is 1. The minimum absolute atomic E-state index is 0.0406. The molecule has 0 aliphatic rings. The summed E-state index contributed by atoms with van der Waals surface area (Å²) in [5, 5.41) is 7.36. The van der Waals surface area contributed by atoms with Gasteiger partial charge in [-0.2, -0.15) is 0 Å². The van der Waals surface area contributed by atoms with Crippen LogP contribution in [0.1, 0.15) is 29.2 Å². The zero-order valence-corrected chi connectivity index (χ0v) is 18.7. The molecule has 0 radical (unpaired) electrons. The molecule has 3 aromatic rings. The lowest BCUT2D eigenvalue weighted by molar-refractivity contribution is -0.145. The normalized spacial score (nSPS) is 11.8. The van der Waals surface area contributed by atoms with Crippen molar-refractivity contribution in [2.24, 2.45) is 5.11 Å². The number of hydrogen-bond donors (Lipinski definition) is 1. The third-order valence-corrected chi connectivity index (χ3v) is 5.62. The monoisotopic (exact) mass is 428 g/mol. The van der Waals surface area contributed by atoms with Crippen LogP contribution in [0.15, 0.2) is 84.0 Å². The first kappa shape index (κ1) is 22.9. The SMILES string of the molecule is CCOC(=O)C(Nc1ccccc1)C(CN=[N+]=[N-])(c1ccc(C)cc1)c1ccc(C)cc1. The third kappa shape index (κ3) is 4.93. The molecular formula is C26H28N4O2. The van der Waals surface area contributed by atoms with E-state index in [1.54, 1.807) is 6.92 Å². The number of hydrogen-bond acceptors (Lipinski definition) is 4. The molecule has 32 heavy (non-hydrogen) atoms. The van der Waals surface area contributed by atoms with Crippen LogP contribution in [0, 0.1) is 13.8 Å². The highest BCUT2D eigenvalue weighted by Crippen LogP contribution is 2.39. The number of carbonyl (C=O) groups excluding carboxylic acids is 1. The number of azide groups is 1. The predicted molar refractivity (Wildman–Crippen MR) is 128 cm³/mol. The molecule has 0 fully saturated rings. The smallest absolute Gasteiger partial charge is 0.329 e. The molecule has 0 bridgehead atoms. The number of nitrogens with zero attached hydrogens (tertiary/aromatic N) is 3. The number of esters is 1. The average Bonchev–Trinajstić information content (AvgIpc) is 2.81. The first-order valence-electron chi connectivity index (χ1n) is 10.6. The molecule has 0 aliphatic carbocycles. The first-order chi connectivity index (χ1) is 15.5. The van der Waals surface area contributed by atoms with Gasteiger partial charge in [-0.15, -0.1) is 0 Å². The van der Waals surface area contributed by atoms with Gasteiger partial charge in [-0.3, -0.25) is 0 Å². The molecular weight excluding hydrogens is 400 g/mol. The van der Waals surface area contributed by atoms with E-state index in [-0.39, 0.29) is 13.2 Å². The largest absolute Gasteiger partial charge is 0.464 e. The van der Waals surface area contributed by atoms with Gasteiger partial charge in [0.25, 0.3) is 0 Å². The number of carbonyl (C=O) groups is 1. The fraction of sp³-hybridized carbons (Fsp3) is 0.269. The van der Waals surface area contributed by atoms with Crippen LogP contribution in [-0.4, -0.2) is 25.2 Å². The summed E-state index contributed by atoms with van der Waals surface area (Å²) < 4.78 is 5.52. The Bertz CT molecular complexity index is 1030. The van der Waals surface area contributed by atoms with Gasteiger partial charge in [0.1, 0.15) is 6.04 Å². The Hall–Kier alpha value is -3.76. The van der Waals surface area contributed by atoms with Gasteiger partial charge >= 0.3 is 5.97 Å².